The Balaban J connectivity index is 0.000000157. The molecule has 0 aliphatic carbocycles. The number of H-pyrrole nitrogens is 2. The molecule has 1 aliphatic rings. The van der Waals surface area contributed by atoms with Crippen molar-refractivity contribution >= 4 is 22.3 Å². The molecule has 1 aliphatic heterocycles. The fourth-order valence-corrected chi connectivity index (χ4v) is 2.79. The molecule has 134 valence electrons. The van der Waals surface area contributed by atoms with E-state index in [-0.39, 0.29) is 24.5 Å². The lowest BCUT2D eigenvalue weighted by molar-refractivity contribution is -0.0207. The summed E-state index contributed by atoms with van der Waals surface area (Å²) in [6.07, 6.45) is 8.90. The second-order valence-corrected chi connectivity index (χ2v) is 5.69. The molecule has 0 saturated carbocycles. The predicted molar refractivity (Wildman–Crippen MR) is 90.1 cm³/mol. The SMILES string of the molecule is O=c1[nH]cnc2c1ncn2[C@H]1CC[C@@H](CO)O1.c1ncc2[nH]cnc2n1. The number of aromatic nitrogens is 8. The van der Waals surface area contributed by atoms with Crippen molar-refractivity contribution in [3.63, 3.8) is 0 Å². The lowest BCUT2D eigenvalue weighted by atomic mass is 10.2. The van der Waals surface area contributed by atoms with Gasteiger partial charge < -0.3 is 19.8 Å². The number of aliphatic hydroxyl groups is 1. The zero-order valence-electron chi connectivity index (χ0n) is 13.6. The lowest BCUT2D eigenvalue weighted by Crippen LogP contribution is -2.14. The van der Waals surface area contributed by atoms with Crippen molar-refractivity contribution in [2.75, 3.05) is 6.61 Å². The summed E-state index contributed by atoms with van der Waals surface area (Å²) in [6, 6.07) is 0. The maximum Gasteiger partial charge on any atom is 0.278 e. The standard InChI is InChI=1S/C10H12N4O3.C5H4N4/c15-3-6-1-2-7(17-6)14-5-13-8-9(14)11-4-12-10(8)16;1-4-5(8-2-6-1)9-3-7-4/h4-7,15H,1-3H2,(H,11,12,16);1-3H,(H,6,7,8,9)/t6-,7+;/m0./s1. The van der Waals surface area contributed by atoms with Gasteiger partial charge in [-0.1, -0.05) is 0 Å². The molecule has 0 unspecified atom stereocenters. The number of aromatic amines is 2. The van der Waals surface area contributed by atoms with Gasteiger partial charge in [0.25, 0.3) is 5.56 Å². The van der Waals surface area contributed by atoms with Gasteiger partial charge in [0.1, 0.15) is 18.1 Å². The molecule has 0 bridgehead atoms. The van der Waals surface area contributed by atoms with E-state index in [1.54, 1.807) is 23.4 Å². The zero-order chi connectivity index (χ0) is 17.9. The number of nitrogens with one attached hydrogen (secondary N) is 2. The monoisotopic (exact) mass is 356 g/mol. The highest BCUT2D eigenvalue weighted by Gasteiger charge is 2.27. The molecule has 0 spiro atoms. The molecule has 0 aromatic carbocycles. The Labute approximate surface area is 146 Å². The maximum absolute atomic E-state index is 11.5. The first-order valence-electron chi connectivity index (χ1n) is 8.02. The molecule has 11 heteroatoms. The molecular formula is C15H16N8O3. The normalized spacial score (nSPS) is 19.6. The molecule has 26 heavy (non-hydrogen) atoms. The molecule has 2 atom stereocenters. The number of aliphatic hydroxyl groups excluding tert-OH is 1. The van der Waals surface area contributed by atoms with E-state index in [0.717, 1.165) is 18.4 Å². The summed E-state index contributed by atoms with van der Waals surface area (Å²) in [6.45, 7) is 0.0111. The Hall–Kier alpha value is -3.18. The van der Waals surface area contributed by atoms with E-state index < -0.39 is 0 Å². The maximum atomic E-state index is 11.5. The lowest BCUT2D eigenvalue weighted by Gasteiger charge is -2.13. The van der Waals surface area contributed by atoms with Crippen LogP contribution in [0.4, 0.5) is 0 Å². The minimum Gasteiger partial charge on any atom is -0.394 e. The van der Waals surface area contributed by atoms with Gasteiger partial charge in [-0.15, -0.1) is 0 Å². The Morgan fingerprint density at radius 3 is 2.88 bits per heavy atom. The average molecular weight is 356 g/mol. The van der Waals surface area contributed by atoms with Crippen molar-refractivity contribution in [2.45, 2.75) is 25.2 Å². The third-order valence-corrected chi connectivity index (χ3v) is 4.06. The average Bonchev–Trinajstić information content (AvgIpc) is 3.40. The van der Waals surface area contributed by atoms with E-state index >= 15 is 0 Å². The van der Waals surface area contributed by atoms with Crippen molar-refractivity contribution in [1.29, 1.82) is 0 Å². The third-order valence-electron chi connectivity index (χ3n) is 4.06. The van der Waals surface area contributed by atoms with Gasteiger partial charge in [-0.3, -0.25) is 9.36 Å². The van der Waals surface area contributed by atoms with Crippen molar-refractivity contribution in [3.8, 4) is 0 Å². The van der Waals surface area contributed by atoms with Crippen LogP contribution in [0.5, 0.6) is 0 Å². The summed E-state index contributed by atoms with van der Waals surface area (Å²) >= 11 is 0. The first kappa shape index (κ1) is 16.3. The quantitative estimate of drug-likeness (QED) is 0.459. The van der Waals surface area contributed by atoms with Crippen LogP contribution in [0.2, 0.25) is 0 Å². The van der Waals surface area contributed by atoms with Crippen LogP contribution in [0, 0.1) is 0 Å². The van der Waals surface area contributed by atoms with E-state index in [4.69, 9.17) is 9.84 Å². The topological polar surface area (TPSA) is 147 Å². The van der Waals surface area contributed by atoms with Crippen molar-refractivity contribution < 1.29 is 9.84 Å². The predicted octanol–water partition coefficient (Wildman–Crippen LogP) is 0.142. The molecule has 11 nitrogen and oxygen atoms in total. The summed E-state index contributed by atoms with van der Waals surface area (Å²) in [7, 11) is 0. The highest BCUT2D eigenvalue weighted by atomic mass is 16.5. The second-order valence-electron chi connectivity index (χ2n) is 5.69. The highest BCUT2D eigenvalue weighted by Crippen LogP contribution is 2.29. The van der Waals surface area contributed by atoms with Crippen LogP contribution in [0.15, 0.2) is 36.3 Å². The second kappa shape index (κ2) is 6.98. The highest BCUT2D eigenvalue weighted by molar-refractivity contribution is 5.69. The van der Waals surface area contributed by atoms with Gasteiger partial charge in [-0.25, -0.2) is 24.9 Å². The molecule has 5 rings (SSSR count). The van der Waals surface area contributed by atoms with Crippen LogP contribution in [-0.2, 0) is 4.74 Å². The van der Waals surface area contributed by atoms with Gasteiger partial charge in [0, 0.05) is 0 Å². The van der Waals surface area contributed by atoms with Crippen molar-refractivity contribution in [3.05, 3.63) is 41.9 Å². The number of fused-ring (bicyclic) bond motifs is 2. The smallest absolute Gasteiger partial charge is 0.278 e. The number of hydrogen-bond donors (Lipinski definition) is 3. The molecule has 4 aromatic heterocycles. The van der Waals surface area contributed by atoms with Gasteiger partial charge in [-0.05, 0) is 12.8 Å². The Bertz CT molecular complexity index is 1040. The van der Waals surface area contributed by atoms with Gasteiger partial charge in [0.2, 0.25) is 0 Å². The Morgan fingerprint density at radius 2 is 2.08 bits per heavy atom. The van der Waals surface area contributed by atoms with Crippen LogP contribution in [0.1, 0.15) is 19.1 Å². The van der Waals surface area contributed by atoms with Gasteiger partial charge in [0.05, 0.1) is 37.9 Å². The van der Waals surface area contributed by atoms with E-state index in [0.29, 0.717) is 16.8 Å². The number of rotatable bonds is 2. The Morgan fingerprint density at radius 1 is 1.19 bits per heavy atom. The number of nitrogens with zero attached hydrogens (tertiary/aromatic N) is 6. The zero-order valence-corrected chi connectivity index (χ0v) is 13.6. The third kappa shape index (κ3) is 3.05. The fourth-order valence-electron chi connectivity index (χ4n) is 2.79. The Kier molecular flexibility index (Phi) is 4.37. The van der Waals surface area contributed by atoms with E-state index in [1.807, 2.05) is 0 Å². The minimum absolute atomic E-state index is 0.0111. The van der Waals surface area contributed by atoms with Gasteiger partial charge >= 0.3 is 0 Å². The molecule has 1 saturated heterocycles. The largest absolute Gasteiger partial charge is 0.394 e. The number of hydrogen-bond acceptors (Lipinski definition) is 8. The van der Waals surface area contributed by atoms with Crippen LogP contribution in [0.25, 0.3) is 22.3 Å². The molecular weight excluding hydrogens is 340 g/mol. The van der Waals surface area contributed by atoms with Gasteiger partial charge in [-0.2, -0.15) is 0 Å². The summed E-state index contributed by atoms with van der Waals surface area (Å²) in [5.41, 5.74) is 2.15. The fraction of sp³-hybridized carbons (Fsp3) is 0.333. The molecule has 1 fully saturated rings. The summed E-state index contributed by atoms with van der Waals surface area (Å²) < 4.78 is 7.36. The first-order chi connectivity index (χ1) is 12.8. The minimum atomic E-state index is -0.259. The number of imidazole rings is 2. The van der Waals surface area contributed by atoms with Crippen molar-refractivity contribution in [1.82, 2.24) is 39.5 Å². The summed E-state index contributed by atoms with van der Waals surface area (Å²) in [5.74, 6) is 0. The van der Waals surface area contributed by atoms with E-state index in [9.17, 15) is 4.79 Å². The first-order valence-corrected chi connectivity index (χ1v) is 8.02. The summed E-state index contributed by atoms with van der Waals surface area (Å²) in [4.78, 5) is 36.6. The van der Waals surface area contributed by atoms with Crippen LogP contribution in [0.3, 0.4) is 0 Å². The molecule has 4 aromatic rings. The van der Waals surface area contributed by atoms with Crippen molar-refractivity contribution in [2.24, 2.45) is 0 Å². The van der Waals surface area contributed by atoms with Crippen LogP contribution in [-0.4, -0.2) is 57.3 Å². The van der Waals surface area contributed by atoms with Gasteiger partial charge in [0.15, 0.2) is 16.8 Å². The number of ether oxygens (including phenoxy) is 1. The molecule has 5 heterocycles. The summed E-state index contributed by atoms with van der Waals surface area (Å²) in [5, 5.41) is 9.02. The molecule has 0 amide bonds. The van der Waals surface area contributed by atoms with Crippen LogP contribution < -0.4 is 5.56 Å². The van der Waals surface area contributed by atoms with Crippen LogP contribution >= 0.6 is 0 Å². The van der Waals surface area contributed by atoms with E-state index in [2.05, 4.69) is 34.9 Å². The molecule has 3 N–H and O–H groups in total. The van der Waals surface area contributed by atoms with E-state index in [1.165, 1.54) is 12.7 Å². The molecule has 0 radical (unpaired) electrons.